The number of methoxy groups -OCH3 is 1. The SMILES string of the molecule is COCCN1C(=O)[C@@H]2CC[C@H]1CN(C(=O)C1CC(c3ccccc3F)NN1)C2. The summed E-state index contributed by atoms with van der Waals surface area (Å²) in [6.45, 7) is 2.08. The Morgan fingerprint density at radius 2 is 2.07 bits per heavy atom. The molecule has 4 atom stereocenters. The molecule has 4 aliphatic heterocycles. The van der Waals surface area contributed by atoms with Crippen molar-refractivity contribution in [2.75, 3.05) is 33.4 Å². The monoisotopic (exact) mass is 390 g/mol. The topological polar surface area (TPSA) is 73.9 Å². The molecule has 0 saturated carbocycles. The molecule has 0 radical (unpaired) electrons. The maximum absolute atomic E-state index is 14.1. The Balaban J connectivity index is 1.43. The van der Waals surface area contributed by atoms with Crippen molar-refractivity contribution in [1.82, 2.24) is 20.7 Å². The third-order valence-electron chi connectivity index (χ3n) is 6.12. The van der Waals surface area contributed by atoms with Crippen LogP contribution in [0.1, 0.15) is 30.9 Å². The molecular weight excluding hydrogens is 363 g/mol. The van der Waals surface area contributed by atoms with Crippen molar-refractivity contribution in [3.05, 3.63) is 35.6 Å². The molecule has 152 valence electrons. The average Bonchev–Trinajstić information content (AvgIpc) is 3.02. The van der Waals surface area contributed by atoms with E-state index in [0.29, 0.717) is 38.2 Å². The van der Waals surface area contributed by atoms with E-state index in [-0.39, 0.29) is 35.6 Å². The van der Waals surface area contributed by atoms with Crippen LogP contribution in [0.4, 0.5) is 4.39 Å². The van der Waals surface area contributed by atoms with Crippen LogP contribution < -0.4 is 10.9 Å². The summed E-state index contributed by atoms with van der Waals surface area (Å²) in [5.74, 6) is -0.312. The first-order valence-corrected chi connectivity index (χ1v) is 9.92. The summed E-state index contributed by atoms with van der Waals surface area (Å²) < 4.78 is 19.2. The molecule has 2 amide bonds. The maximum atomic E-state index is 14.1. The van der Waals surface area contributed by atoms with Crippen molar-refractivity contribution in [2.45, 2.75) is 37.4 Å². The zero-order valence-corrected chi connectivity index (χ0v) is 16.1. The quantitative estimate of drug-likeness (QED) is 0.779. The number of piperidine rings is 1. The van der Waals surface area contributed by atoms with Gasteiger partial charge in [-0.3, -0.25) is 9.59 Å². The summed E-state index contributed by atoms with van der Waals surface area (Å²) in [6.07, 6.45) is 2.22. The molecule has 28 heavy (non-hydrogen) atoms. The van der Waals surface area contributed by atoms with Crippen LogP contribution in [0.2, 0.25) is 0 Å². The molecule has 1 aromatic rings. The van der Waals surface area contributed by atoms with Crippen LogP contribution in [0, 0.1) is 11.7 Å². The lowest BCUT2D eigenvalue weighted by atomic mass is 9.94. The number of halogens is 1. The highest BCUT2D eigenvalue weighted by atomic mass is 19.1. The number of hydrogen-bond donors (Lipinski definition) is 2. The molecular formula is C20H27FN4O3. The minimum Gasteiger partial charge on any atom is -0.383 e. The Bertz CT molecular complexity index is 746. The summed E-state index contributed by atoms with van der Waals surface area (Å²) >= 11 is 0. The van der Waals surface area contributed by atoms with E-state index in [1.54, 1.807) is 25.3 Å². The molecule has 0 aliphatic carbocycles. The molecule has 0 spiro atoms. The number of nitrogens with one attached hydrogen (secondary N) is 2. The zero-order chi connectivity index (χ0) is 19.7. The highest BCUT2D eigenvalue weighted by Gasteiger charge is 2.43. The van der Waals surface area contributed by atoms with Gasteiger partial charge in [-0.1, -0.05) is 18.2 Å². The van der Waals surface area contributed by atoms with E-state index >= 15 is 0 Å². The van der Waals surface area contributed by atoms with Crippen molar-refractivity contribution >= 4 is 11.8 Å². The average molecular weight is 390 g/mol. The minimum absolute atomic E-state index is 0.0235. The van der Waals surface area contributed by atoms with Crippen LogP contribution >= 0.6 is 0 Å². The standard InChI is InChI=1S/C20H27FN4O3/c1-28-9-8-25-14-7-6-13(19(25)26)11-24(12-14)20(27)18-10-17(22-23-18)15-4-2-3-5-16(15)21/h2-5,13-14,17-18,22-23H,6-12H2,1H3/t13-,14+,17?,18?/m1/s1. The van der Waals surface area contributed by atoms with Crippen molar-refractivity contribution in [2.24, 2.45) is 5.92 Å². The van der Waals surface area contributed by atoms with Crippen LogP contribution in [-0.4, -0.2) is 67.0 Å². The van der Waals surface area contributed by atoms with E-state index < -0.39 is 6.04 Å². The number of carbonyl (C=O) groups is 2. The number of rotatable bonds is 5. The highest BCUT2D eigenvalue weighted by molar-refractivity contribution is 5.85. The van der Waals surface area contributed by atoms with Crippen LogP contribution in [0.5, 0.6) is 0 Å². The van der Waals surface area contributed by atoms with Gasteiger partial charge in [0.2, 0.25) is 11.8 Å². The molecule has 2 bridgehead atoms. The largest absolute Gasteiger partial charge is 0.383 e. The lowest BCUT2D eigenvalue weighted by Crippen LogP contribution is -2.50. The zero-order valence-electron chi connectivity index (χ0n) is 16.1. The van der Waals surface area contributed by atoms with Gasteiger partial charge in [0.25, 0.3) is 0 Å². The number of nitrogens with zero attached hydrogens (tertiary/aromatic N) is 2. The number of ether oxygens (including phenoxy) is 1. The summed E-state index contributed by atoms with van der Waals surface area (Å²) in [5.41, 5.74) is 6.64. The van der Waals surface area contributed by atoms with Crippen molar-refractivity contribution in [3.63, 3.8) is 0 Å². The molecule has 1 aromatic carbocycles. The second kappa shape index (κ2) is 8.14. The van der Waals surface area contributed by atoms with Gasteiger partial charge in [0.1, 0.15) is 11.9 Å². The van der Waals surface area contributed by atoms with Gasteiger partial charge < -0.3 is 14.5 Å². The number of benzene rings is 1. The van der Waals surface area contributed by atoms with Crippen molar-refractivity contribution in [3.8, 4) is 0 Å². The predicted molar refractivity (Wildman–Crippen MR) is 100 cm³/mol. The highest BCUT2D eigenvalue weighted by Crippen LogP contribution is 2.31. The van der Waals surface area contributed by atoms with E-state index in [4.69, 9.17) is 4.74 Å². The van der Waals surface area contributed by atoms with Crippen LogP contribution in [-0.2, 0) is 14.3 Å². The third kappa shape index (κ3) is 3.64. The molecule has 8 heteroatoms. The number of fused-ring (bicyclic) bond motifs is 4. The van der Waals surface area contributed by atoms with Crippen molar-refractivity contribution < 1.29 is 18.7 Å². The molecule has 2 N–H and O–H groups in total. The van der Waals surface area contributed by atoms with Crippen LogP contribution in [0.3, 0.4) is 0 Å². The Morgan fingerprint density at radius 3 is 2.86 bits per heavy atom. The van der Waals surface area contributed by atoms with Crippen LogP contribution in [0.25, 0.3) is 0 Å². The van der Waals surface area contributed by atoms with E-state index in [0.717, 1.165) is 12.8 Å². The molecule has 5 rings (SSSR count). The first kappa shape index (κ1) is 19.3. The number of amides is 2. The third-order valence-corrected chi connectivity index (χ3v) is 6.12. The summed E-state index contributed by atoms with van der Waals surface area (Å²) in [4.78, 5) is 29.6. The molecule has 2 unspecified atom stereocenters. The second-order valence-electron chi connectivity index (χ2n) is 7.85. The van der Waals surface area contributed by atoms with Gasteiger partial charge in [0, 0.05) is 38.3 Å². The molecule has 4 heterocycles. The minimum atomic E-state index is -0.426. The Morgan fingerprint density at radius 1 is 1.25 bits per heavy atom. The van der Waals surface area contributed by atoms with Gasteiger partial charge >= 0.3 is 0 Å². The fourth-order valence-corrected chi connectivity index (χ4v) is 4.60. The van der Waals surface area contributed by atoms with Crippen LogP contribution in [0.15, 0.2) is 24.3 Å². The first-order chi connectivity index (χ1) is 13.6. The Hall–Kier alpha value is -2.03. The lowest BCUT2D eigenvalue weighted by molar-refractivity contribution is -0.140. The smallest absolute Gasteiger partial charge is 0.241 e. The van der Waals surface area contributed by atoms with E-state index in [2.05, 4.69) is 10.9 Å². The lowest BCUT2D eigenvalue weighted by Gasteiger charge is -2.35. The summed E-state index contributed by atoms with van der Waals surface area (Å²) in [7, 11) is 1.63. The number of hydrazine groups is 1. The van der Waals surface area contributed by atoms with Gasteiger partial charge in [0.15, 0.2) is 0 Å². The summed E-state index contributed by atoms with van der Waals surface area (Å²) in [6, 6.07) is 5.98. The van der Waals surface area contributed by atoms with Gasteiger partial charge in [0.05, 0.1) is 18.6 Å². The second-order valence-corrected chi connectivity index (χ2v) is 7.85. The van der Waals surface area contributed by atoms with Gasteiger partial charge in [-0.25, -0.2) is 15.2 Å². The van der Waals surface area contributed by atoms with Gasteiger partial charge in [-0.15, -0.1) is 0 Å². The molecule has 4 fully saturated rings. The van der Waals surface area contributed by atoms with E-state index in [9.17, 15) is 14.0 Å². The van der Waals surface area contributed by atoms with Crippen molar-refractivity contribution in [1.29, 1.82) is 0 Å². The number of hydrogen-bond acceptors (Lipinski definition) is 5. The summed E-state index contributed by atoms with van der Waals surface area (Å²) in [5, 5.41) is 0. The molecule has 4 saturated heterocycles. The van der Waals surface area contributed by atoms with Gasteiger partial charge in [-0.05, 0) is 25.3 Å². The Kier molecular flexibility index (Phi) is 5.61. The first-order valence-electron chi connectivity index (χ1n) is 9.92. The fourth-order valence-electron chi connectivity index (χ4n) is 4.60. The maximum Gasteiger partial charge on any atom is 0.241 e. The van der Waals surface area contributed by atoms with E-state index in [1.165, 1.54) is 6.07 Å². The molecule has 7 nitrogen and oxygen atoms in total. The number of carbonyl (C=O) groups excluding carboxylic acids is 2. The predicted octanol–water partition coefficient (Wildman–Crippen LogP) is 0.829. The fraction of sp³-hybridized carbons (Fsp3) is 0.600. The molecule has 4 aliphatic rings. The normalized spacial score (nSPS) is 30.0. The van der Waals surface area contributed by atoms with E-state index in [1.807, 2.05) is 9.80 Å². The Labute approximate surface area is 164 Å². The van der Waals surface area contributed by atoms with Gasteiger partial charge in [-0.2, -0.15) is 0 Å². The molecule has 0 aromatic heterocycles.